The van der Waals surface area contributed by atoms with Gasteiger partial charge in [0.25, 0.3) is 0 Å². The van der Waals surface area contributed by atoms with Gasteiger partial charge >= 0.3 is 0 Å². The van der Waals surface area contributed by atoms with Crippen molar-refractivity contribution in [1.82, 2.24) is 19.9 Å². The fourth-order valence-electron chi connectivity index (χ4n) is 4.01. The Morgan fingerprint density at radius 2 is 1.95 bits per heavy atom. The molecule has 0 saturated carbocycles. The Labute approximate surface area is 225 Å². The number of carbonyl (C=O) groups is 1. The number of nitrogens with zero attached hydrogens (tertiary/aromatic N) is 4. The number of H-pyrrole nitrogens is 1. The molecule has 11 heteroatoms. The van der Waals surface area contributed by atoms with Crippen molar-refractivity contribution in [2.24, 2.45) is 0 Å². The Hall–Kier alpha value is -4.77. The summed E-state index contributed by atoms with van der Waals surface area (Å²) >= 11 is 0. The monoisotopic (exact) mass is 531 g/mol. The van der Waals surface area contributed by atoms with E-state index in [2.05, 4.69) is 37.1 Å². The van der Waals surface area contributed by atoms with Gasteiger partial charge in [-0.3, -0.25) is 9.59 Å². The van der Waals surface area contributed by atoms with Crippen LogP contribution in [0.3, 0.4) is 0 Å². The molecular weight excluding hydrogens is 501 g/mol. The lowest BCUT2D eigenvalue weighted by Gasteiger charge is -2.26. The van der Waals surface area contributed by atoms with E-state index in [-0.39, 0.29) is 17.4 Å². The van der Waals surface area contributed by atoms with E-state index in [9.17, 15) is 14.0 Å². The molecule has 0 aliphatic carbocycles. The largest absolute Gasteiger partial charge is 0.494 e. The molecule has 0 fully saturated rings. The topological polar surface area (TPSA) is 115 Å². The first-order valence-corrected chi connectivity index (χ1v) is 12.1. The molecule has 0 aliphatic heterocycles. The van der Waals surface area contributed by atoms with Gasteiger partial charge in [-0.1, -0.05) is 18.7 Å². The molecule has 3 N–H and O–H groups in total. The summed E-state index contributed by atoms with van der Waals surface area (Å²) in [5.74, 6) is -0.0872. The van der Waals surface area contributed by atoms with E-state index in [1.807, 2.05) is 32.1 Å². The number of rotatable bonds is 10. The summed E-state index contributed by atoms with van der Waals surface area (Å²) < 4.78 is 19.6. The SMILES string of the molecule is C=CC(=O)Nc1cc(Nc2ncc3[nH]c(=O)cc(-c4cccc(F)c4)c3n2)c(OC)cc1N(C)CCN(C)C. The number of benzene rings is 2. The van der Waals surface area contributed by atoms with Gasteiger partial charge in [0.1, 0.15) is 17.1 Å². The molecule has 10 nitrogen and oxygen atoms in total. The van der Waals surface area contributed by atoms with Crippen LogP contribution in [-0.2, 0) is 4.79 Å². The molecule has 0 aliphatic rings. The summed E-state index contributed by atoms with van der Waals surface area (Å²) in [4.78, 5) is 40.2. The van der Waals surface area contributed by atoms with Crippen LogP contribution < -0.4 is 25.8 Å². The predicted octanol–water partition coefficient (Wildman–Crippen LogP) is 4.00. The molecule has 0 atom stereocenters. The van der Waals surface area contributed by atoms with Crippen molar-refractivity contribution in [1.29, 1.82) is 0 Å². The van der Waals surface area contributed by atoms with Gasteiger partial charge in [0.15, 0.2) is 0 Å². The van der Waals surface area contributed by atoms with E-state index < -0.39 is 5.82 Å². The van der Waals surface area contributed by atoms with Crippen LogP contribution in [0.15, 0.2) is 66.1 Å². The maximum atomic E-state index is 13.9. The van der Waals surface area contributed by atoms with Crippen LogP contribution in [0.4, 0.5) is 27.4 Å². The number of hydrogen-bond donors (Lipinski definition) is 3. The lowest BCUT2D eigenvalue weighted by Crippen LogP contribution is -2.29. The molecule has 4 rings (SSSR count). The Morgan fingerprint density at radius 1 is 1.15 bits per heavy atom. The van der Waals surface area contributed by atoms with Gasteiger partial charge in [0.05, 0.1) is 35.9 Å². The lowest BCUT2D eigenvalue weighted by atomic mass is 10.1. The first kappa shape index (κ1) is 27.3. The first-order valence-electron chi connectivity index (χ1n) is 12.1. The second-order valence-electron chi connectivity index (χ2n) is 9.13. The quantitative estimate of drug-likeness (QED) is 0.263. The molecule has 0 saturated heterocycles. The standard InChI is InChI=1S/C28H30FN7O3/c1-6-25(37)31-20-14-21(24(39-5)15-23(20)36(4)11-10-35(2)3)33-28-30-16-22-27(34-28)19(13-26(38)32-22)17-8-7-9-18(29)12-17/h6-9,12-16H,1,10-11H2,2-5H3,(H,31,37)(H,32,38)(H,30,33,34). The zero-order valence-corrected chi connectivity index (χ0v) is 22.2. The van der Waals surface area contributed by atoms with Gasteiger partial charge in [-0.2, -0.15) is 0 Å². The highest BCUT2D eigenvalue weighted by Crippen LogP contribution is 2.38. The lowest BCUT2D eigenvalue weighted by molar-refractivity contribution is -0.111. The van der Waals surface area contributed by atoms with E-state index in [0.717, 1.165) is 12.2 Å². The molecule has 0 unspecified atom stereocenters. The van der Waals surface area contributed by atoms with Gasteiger partial charge in [-0.15, -0.1) is 0 Å². The summed E-state index contributed by atoms with van der Waals surface area (Å²) in [6.07, 6.45) is 2.67. The zero-order chi connectivity index (χ0) is 28.1. The molecule has 2 aromatic heterocycles. The van der Waals surface area contributed by atoms with Crippen molar-refractivity contribution in [3.63, 3.8) is 0 Å². The van der Waals surface area contributed by atoms with Crippen LogP contribution in [0.25, 0.3) is 22.2 Å². The number of fused-ring (bicyclic) bond motifs is 1. The molecule has 0 radical (unpaired) electrons. The van der Waals surface area contributed by atoms with Crippen LogP contribution in [-0.4, -0.2) is 67.1 Å². The van der Waals surface area contributed by atoms with Crippen molar-refractivity contribution >= 4 is 40.0 Å². The average molecular weight is 532 g/mol. The second-order valence-corrected chi connectivity index (χ2v) is 9.13. The highest BCUT2D eigenvalue weighted by atomic mass is 19.1. The zero-order valence-electron chi connectivity index (χ0n) is 22.2. The third kappa shape index (κ3) is 6.39. The van der Waals surface area contributed by atoms with Crippen molar-refractivity contribution in [2.75, 3.05) is 56.9 Å². The van der Waals surface area contributed by atoms with Crippen LogP contribution in [0, 0.1) is 5.82 Å². The molecule has 202 valence electrons. The van der Waals surface area contributed by atoms with Crippen molar-refractivity contribution in [2.45, 2.75) is 0 Å². The van der Waals surface area contributed by atoms with Gasteiger partial charge in [-0.05, 0) is 43.9 Å². The number of aromatic nitrogens is 3. The maximum absolute atomic E-state index is 13.9. The highest BCUT2D eigenvalue weighted by Gasteiger charge is 2.17. The number of carbonyl (C=O) groups excluding carboxylic acids is 1. The minimum absolute atomic E-state index is 0.209. The van der Waals surface area contributed by atoms with Crippen molar-refractivity contribution in [3.8, 4) is 16.9 Å². The van der Waals surface area contributed by atoms with Crippen LogP contribution in [0.1, 0.15) is 0 Å². The Balaban J connectivity index is 1.78. The molecule has 2 heterocycles. The number of ether oxygens (including phenoxy) is 1. The van der Waals surface area contributed by atoms with Gasteiger partial charge < -0.3 is 30.2 Å². The average Bonchev–Trinajstić information content (AvgIpc) is 2.91. The number of anilines is 4. The van der Waals surface area contributed by atoms with E-state index in [0.29, 0.717) is 45.8 Å². The summed E-state index contributed by atoms with van der Waals surface area (Å²) in [7, 11) is 7.44. The fourth-order valence-corrected chi connectivity index (χ4v) is 4.01. The number of aromatic amines is 1. The van der Waals surface area contributed by atoms with E-state index in [1.54, 1.807) is 25.3 Å². The number of nitrogens with one attached hydrogen (secondary N) is 3. The molecule has 39 heavy (non-hydrogen) atoms. The summed E-state index contributed by atoms with van der Waals surface area (Å²) in [6, 6.07) is 10.9. The third-order valence-corrected chi connectivity index (χ3v) is 6.01. The smallest absolute Gasteiger partial charge is 0.249 e. The van der Waals surface area contributed by atoms with Crippen molar-refractivity contribution in [3.05, 3.63) is 77.5 Å². The Kier molecular flexibility index (Phi) is 8.21. The van der Waals surface area contributed by atoms with Crippen LogP contribution >= 0.6 is 0 Å². The molecule has 2 aromatic carbocycles. The molecular formula is C28H30FN7O3. The summed E-state index contributed by atoms with van der Waals surface area (Å²) in [5.41, 5.74) is 3.22. The Bertz CT molecular complexity index is 1590. The fraction of sp³-hybridized carbons (Fsp3) is 0.214. The van der Waals surface area contributed by atoms with Crippen LogP contribution in [0.5, 0.6) is 5.75 Å². The number of pyridine rings is 1. The minimum atomic E-state index is -0.428. The van der Waals surface area contributed by atoms with Crippen LogP contribution in [0.2, 0.25) is 0 Å². The number of halogens is 1. The predicted molar refractivity (Wildman–Crippen MR) is 152 cm³/mol. The van der Waals surface area contributed by atoms with E-state index in [1.165, 1.54) is 30.5 Å². The van der Waals surface area contributed by atoms with Gasteiger partial charge in [0, 0.05) is 37.8 Å². The van der Waals surface area contributed by atoms with Gasteiger partial charge in [-0.25, -0.2) is 14.4 Å². The normalized spacial score (nSPS) is 10.9. The third-order valence-electron chi connectivity index (χ3n) is 6.01. The summed E-state index contributed by atoms with van der Waals surface area (Å²) in [6.45, 7) is 5.05. The summed E-state index contributed by atoms with van der Waals surface area (Å²) in [5, 5.41) is 6.01. The molecule has 0 spiro atoms. The number of methoxy groups -OCH3 is 1. The van der Waals surface area contributed by atoms with E-state index >= 15 is 0 Å². The number of hydrogen-bond acceptors (Lipinski definition) is 8. The van der Waals surface area contributed by atoms with Crippen molar-refractivity contribution < 1.29 is 13.9 Å². The van der Waals surface area contributed by atoms with E-state index in [4.69, 9.17) is 4.74 Å². The maximum Gasteiger partial charge on any atom is 0.249 e. The number of likely N-dealkylation sites (N-methyl/N-ethyl adjacent to an activating group) is 2. The Morgan fingerprint density at radius 3 is 2.64 bits per heavy atom. The highest BCUT2D eigenvalue weighted by molar-refractivity contribution is 6.02. The molecule has 0 bridgehead atoms. The first-order chi connectivity index (χ1) is 18.7. The number of amides is 1. The molecule has 1 amide bonds. The molecule has 4 aromatic rings. The minimum Gasteiger partial charge on any atom is -0.494 e. The second kappa shape index (κ2) is 11.7. The van der Waals surface area contributed by atoms with Gasteiger partial charge in [0.2, 0.25) is 17.4 Å².